The summed E-state index contributed by atoms with van der Waals surface area (Å²) in [5.41, 5.74) is 4.32. The number of thiazole rings is 1. The molecule has 0 aliphatic heterocycles. The lowest BCUT2D eigenvalue weighted by molar-refractivity contribution is 0.354. The smallest absolute Gasteiger partial charge is 0.190 e. The normalized spacial score (nSPS) is 11.2. The van der Waals surface area contributed by atoms with E-state index in [1.54, 1.807) is 25.6 Å². The molecule has 0 fully saturated rings. The number of methoxy groups -OCH3 is 2. The summed E-state index contributed by atoms with van der Waals surface area (Å²) in [7, 11) is 3.30. The molecule has 0 atom stereocenters. The predicted octanol–water partition coefficient (Wildman–Crippen LogP) is 7.70. The lowest BCUT2D eigenvalue weighted by Gasteiger charge is -2.12. The first kappa shape index (κ1) is 25.6. The lowest BCUT2D eigenvalue weighted by atomic mass is 10.1. The molecule has 3 aromatic carbocycles. The first-order valence-corrected chi connectivity index (χ1v) is 12.1. The van der Waals surface area contributed by atoms with Crippen molar-refractivity contribution in [2.45, 2.75) is 13.0 Å². The molecule has 33 heavy (non-hydrogen) atoms. The molecule has 4 aromatic rings. The van der Waals surface area contributed by atoms with E-state index in [0.717, 1.165) is 50.7 Å². The van der Waals surface area contributed by atoms with E-state index in [4.69, 9.17) is 26.1 Å². The number of hydrogen-bond acceptors (Lipinski definition) is 4. The van der Waals surface area contributed by atoms with Crippen LogP contribution in [0.15, 0.2) is 81.6 Å². The summed E-state index contributed by atoms with van der Waals surface area (Å²) in [6, 6.07) is 22.0. The Morgan fingerprint density at radius 1 is 0.939 bits per heavy atom. The average molecular weight is 611 g/mol. The van der Waals surface area contributed by atoms with Crippen LogP contribution in [-0.2, 0) is 13.0 Å². The molecule has 0 saturated heterocycles. The molecule has 8 heteroatoms. The number of rotatable bonds is 7. The Morgan fingerprint density at radius 2 is 1.64 bits per heavy atom. The maximum Gasteiger partial charge on any atom is 0.190 e. The zero-order valence-electron chi connectivity index (χ0n) is 18.1. The summed E-state index contributed by atoms with van der Waals surface area (Å²) in [6.45, 7) is 0.775. The maximum absolute atomic E-state index is 6.04. The number of ether oxygens (including phenoxy) is 2. The van der Waals surface area contributed by atoms with Gasteiger partial charge in [0.1, 0.15) is 0 Å². The summed E-state index contributed by atoms with van der Waals surface area (Å²) < 4.78 is 14.2. The Morgan fingerprint density at radius 3 is 2.30 bits per heavy atom. The van der Waals surface area contributed by atoms with Crippen molar-refractivity contribution in [1.29, 1.82) is 0 Å². The second kappa shape index (κ2) is 11.9. The van der Waals surface area contributed by atoms with Crippen LogP contribution in [0.1, 0.15) is 5.56 Å². The van der Waals surface area contributed by atoms with Crippen LogP contribution in [0.3, 0.4) is 0 Å². The minimum Gasteiger partial charge on any atom is -0.493 e. The number of aromatic nitrogens is 1. The van der Waals surface area contributed by atoms with Gasteiger partial charge in [-0.2, -0.15) is 0 Å². The van der Waals surface area contributed by atoms with Gasteiger partial charge in [-0.25, -0.2) is 4.99 Å². The summed E-state index contributed by atoms with van der Waals surface area (Å²) in [4.78, 5) is 5.82. The Balaban J connectivity index is 0.00000306. The Bertz CT molecular complexity index is 1270. The van der Waals surface area contributed by atoms with Crippen molar-refractivity contribution < 1.29 is 9.47 Å². The summed E-state index contributed by atoms with van der Waals surface area (Å²) in [5, 5.41) is 2.86. The van der Waals surface area contributed by atoms with E-state index in [-0.39, 0.29) is 17.0 Å². The molecule has 1 aromatic heterocycles. The fourth-order valence-electron chi connectivity index (χ4n) is 3.39. The van der Waals surface area contributed by atoms with Gasteiger partial charge in [-0.15, -0.1) is 28.3 Å². The largest absolute Gasteiger partial charge is 0.493 e. The molecule has 0 unspecified atom stereocenters. The third-order valence-electron chi connectivity index (χ3n) is 5.06. The molecule has 0 radical (unpaired) electrons. The standard InChI is InChI=1S/C25H22BrClN2O2S.BrH/c1-30-23-12-3-17(15-24(23)31-2)13-14-29-22(18-4-6-19(26)7-5-18)16-32-25(29)28-21-10-8-20(27)9-11-21;/h3-12,15-16H,13-14H2,1-2H3;1H. The molecule has 1 heterocycles. The molecule has 0 amide bonds. The van der Waals surface area contributed by atoms with Gasteiger partial charge < -0.3 is 14.0 Å². The lowest BCUT2D eigenvalue weighted by Crippen LogP contribution is -2.17. The van der Waals surface area contributed by atoms with E-state index in [0.29, 0.717) is 5.02 Å². The number of hydrogen-bond donors (Lipinski definition) is 0. The second-order valence-corrected chi connectivity index (χ2v) is 9.28. The summed E-state index contributed by atoms with van der Waals surface area (Å²) in [6.07, 6.45) is 0.828. The van der Waals surface area contributed by atoms with Crippen molar-refractivity contribution in [3.05, 3.63) is 92.0 Å². The van der Waals surface area contributed by atoms with Gasteiger partial charge in [-0.3, -0.25) is 0 Å². The van der Waals surface area contributed by atoms with Crippen molar-refractivity contribution >= 4 is 61.5 Å². The summed E-state index contributed by atoms with van der Waals surface area (Å²) in [5.74, 6) is 1.47. The predicted molar refractivity (Wildman–Crippen MR) is 146 cm³/mol. The van der Waals surface area contributed by atoms with Gasteiger partial charge in [0.25, 0.3) is 0 Å². The van der Waals surface area contributed by atoms with Crippen LogP contribution < -0.4 is 14.3 Å². The van der Waals surface area contributed by atoms with E-state index in [2.05, 4.69) is 56.2 Å². The van der Waals surface area contributed by atoms with Crippen LogP contribution in [0, 0.1) is 0 Å². The third kappa shape index (κ3) is 6.29. The first-order valence-electron chi connectivity index (χ1n) is 10.0. The monoisotopic (exact) mass is 608 g/mol. The van der Waals surface area contributed by atoms with Gasteiger partial charge in [0, 0.05) is 21.4 Å². The van der Waals surface area contributed by atoms with E-state index >= 15 is 0 Å². The highest BCUT2D eigenvalue weighted by atomic mass is 79.9. The van der Waals surface area contributed by atoms with Gasteiger partial charge in [-0.05, 0) is 66.1 Å². The molecule has 0 saturated carbocycles. The topological polar surface area (TPSA) is 35.8 Å². The Kier molecular flexibility index (Phi) is 9.20. The molecule has 4 nitrogen and oxygen atoms in total. The molecule has 172 valence electrons. The summed E-state index contributed by atoms with van der Waals surface area (Å²) >= 11 is 11.2. The zero-order valence-corrected chi connectivity index (χ0v) is 23.0. The second-order valence-electron chi connectivity index (χ2n) is 7.09. The average Bonchev–Trinajstić information content (AvgIpc) is 3.21. The molecule has 0 spiro atoms. The first-order chi connectivity index (χ1) is 15.6. The van der Waals surface area contributed by atoms with Crippen molar-refractivity contribution in [3.8, 4) is 22.8 Å². The quantitative estimate of drug-likeness (QED) is 0.215. The van der Waals surface area contributed by atoms with E-state index in [9.17, 15) is 0 Å². The molecular weight excluding hydrogens is 588 g/mol. The van der Waals surface area contributed by atoms with Crippen LogP contribution >= 0.6 is 55.8 Å². The minimum atomic E-state index is 0. The van der Waals surface area contributed by atoms with Gasteiger partial charge in [-0.1, -0.05) is 45.7 Å². The van der Waals surface area contributed by atoms with E-state index in [1.807, 2.05) is 36.4 Å². The number of nitrogens with zero attached hydrogens (tertiary/aromatic N) is 2. The third-order valence-corrected chi connectivity index (χ3v) is 6.71. The SMILES string of the molecule is Br.COc1ccc(CCn2c(-c3ccc(Br)cc3)csc2=Nc2ccc(Cl)cc2)cc1OC. The van der Waals surface area contributed by atoms with Crippen LogP contribution in [0.25, 0.3) is 11.3 Å². The molecule has 4 rings (SSSR count). The van der Waals surface area contributed by atoms with Crippen molar-refractivity contribution in [3.63, 3.8) is 0 Å². The van der Waals surface area contributed by atoms with E-state index < -0.39 is 0 Å². The molecule has 0 aliphatic carbocycles. The fourth-order valence-corrected chi connectivity index (χ4v) is 4.73. The fraction of sp³-hybridized carbons (Fsp3) is 0.160. The molecule has 0 bridgehead atoms. The number of halogens is 3. The van der Waals surface area contributed by atoms with Gasteiger partial charge in [0.2, 0.25) is 0 Å². The van der Waals surface area contributed by atoms with Crippen LogP contribution in [0.2, 0.25) is 5.02 Å². The van der Waals surface area contributed by atoms with Gasteiger partial charge in [0.05, 0.1) is 25.6 Å². The van der Waals surface area contributed by atoms with Gasteiger partial charge in [0.15, 0.2) is 16.3 Å². The maximum atomic E-state index is 6.04. The zero-order chi connectivity index (χ0) is 22.5. The van der Waals surface area contributed by atoms with Crippen LogP contribution in [-0.4, -0.2) is 18.8 Å². The number of benzene rings is 3. The van der Waals surface area contributed by atoms with Crippen molar-refractivity contribution in [1.82, 2.24) is 4.57 Å². The number of aryl methyl sites for hydroxylation is 1. The van der Waals surface area contributed by atoms with Crippen LogP contribution in [0.5, 0.6) is 11.5 Å². The Hall–Kier alpha value is -2.06. The van der Waals surface area contributed by atoms with Crippen molar-refractivity contribution in [2.24, 2.45) is 4.99 Å². The highest BCUT2D eigenvalue weighted by Gasteiger charge is 2.10. The highest BCUT2D eigenvalue weighted by Crippen LogP contribution is 2.28. The van der Waals surface area contributed by atoms with Gasteiger partial charge >= 0.3 is 0 Å². The molecule has 0 aliphatic rings. The van der Waals surface area contributed by atoms with Crippen molar-refractivity contribution in [2.75, 3.05) is 14.2 Å². The van der Waals surface area contributed by atoms with E-state index in [1.165, 1.54) is 5.56 Å². The molecule has 0 N–H and O–H groups in total. The Labute approximate surface area is 221 Å². The van der Waals surface area contributed by atoms with Crippen LogP contribution in [0.4, 0.5) is 5.69 Å². The minimum absolute atomic E-state index is 0. The highest BCUT2D eigenvalue weighted by molar-refractivity contribution is 9.10. The molecular formula is C25H23Br2ClN2O2S.